The van der Waals surface area contributed by atoms with Crippen LogP contribution in [0.4, 0.5) is 9.59 Å². The Kier molecular flexibility index (Phi) is 24.2. The average Bonchev–Trinajstić information content (AvgIpc) is 2.82. The normalized spacial score (nSPS) is 11.0. The minimum atomic E-state index is -0.908. The lowest BCUT2D eigenvalue weighted by Crippen LogP contribution is -2.46. The van der Waals surface area contributed by atoms with Gasteiger partial charge in [-0.05, 0) is 38.8 Å². The van der Waals surface area contributed by atoms with E-state index in [0.29, 0.717) is 32.5 Å². The number of ether oxygens (including phenoxy) is 2. The molecule has 35 heavy (non-hydrogen) atoms. The van der Waals surface area contributed by atoms with E-state index in [-0.39, 0.29) is 38.1 Å². The molecule has 0 aromatic heterocycles. The van der Waals surface area contributed by atoms with Crippen molar-refractivity contribution in [1.29, 1.82) is 0 Å². The summed E-state index contributed by atoms with van der Waals surface area (Å²) in [6.07, 6.45) is 5.79. The van der Waals surface area contributed by atoms with E-state index >= 15 is 0 Å². The van der Waals surface area contributed by atoms with Crippen LogP contribution in [0.25, 0.3) is 0 Å². The van der Waals surface area contributed by atoms with Crippen LogP contribution in [0.15, 0.2) is 0 Å². The zero-order valence-electron chi connectivity index (χ0n) is 21.2. The Hall–Kier alpha value is -2.64. The van der Waals surface area contributed by atoms with E-state index in [0.717, 1.165) is 44.9 Å². The molecule has 0 aromatic rings. The highest BCUT2D eigenvalue weighted by atomic mass is 16.6. The maximum absolute atomic E-state index is 12.5. The molecule has 13 heteroatoms. The summed E-state index contributed by atoms with van der Waals surface area (Å²) in [5.74, 6) is -0.612. The third-order valence-electron chi connectivity index (χ3n) is 4.72. The Balaban J connectivity index is 0. The van der Waals surface area contributed by atoms with E-state index < -0.39 is 18.2 Å². The standard InChI is InChI=1S/C19H40N6O5.C3H7NO/c20-9-5-2-1-3-7-12-25(19(28)29-13-11-22)14-17(26)24-16(8-4-6-10-21)15-30-18(23)27;1-2-3(4)5/h16H,1-15,20-22H2,(H2,23,27)(H,24,26);2H2,1H3,(H2,4,5). The van der Waals surface area contributed by atoms with Crippen molar-refractivity contribution in [3.8, 4) is 0 Å². The molecule has 0 aliphatic heterocycles. The van der Waals surface area contributed by atoms with Gasteiger partial charge < -0.3 is 43.5 Å². The number of primary amides is 2. The van der Waals surface area contributed by atoms with E-state index in [2.05, 4.69) is 11.1 Å². The summed E-state index contributed by atoms with van der Waals surface area (Å²) in [7, 11) is 0. The van der Waals surface area contributed by atoms with Crippen LogP contribution in [-0.2, 0) is 19.1 Å². The molecular weight excluding hydrogens is 458 g/mol. The molecule has 0 saturated heterocycles. The molecule has 0 saturated carbocycles. The lowest BCUT2D eigenvalue weighted by molar-refractivity contribution is -0.123. The largest absolute Gasteiger partial charge is 0.448 e. The van der Waals surface area contributed by atoms with Gasteiger partial charge >= 0.3 is 12.2 Å². The van der Waals surface area contributed by atoms with E-state index in [4.69, 9.17) is 32.4 Å². The van der Waals surface area contributed by atoms with Gasteiger partial charge in [0.2, 0.25) is 11.8 Å². The van der Waals surface area contributed by atoms with Gasteiger partial charge in [0.05, 0.1) is 6.04 Å². The molecule has 0 aliphatic carbocycles. The Morgan fingerprint density at radius 1 is 0.829 bits per heavy atom. The summed E-state index contributed by atoms with van der Waals surface area (Å²) in [4.78, 5) is 46.6. The van der Waals surface area contributed by atoms with Crippen LogP contribution in [0.2, 0.25) is 0 Å². The Bertz CT molecular complexity index is 580. The minimum Gasteiger partial charge on any atom is -0.448 e. The summed E-state index contributed by atoms with van der Waals surface area (Å²) in [6, 6.07) is -0.408. The number of carbonyl (C=O) groups excluding carboxylic acids is 4. The summed E-state index contributed by atoms with van der Waals surface area (Å²) >= 11 is 0. The van der Waals surface area contributed by atoms with E-state index in [9.17, 15) is 19.2 Å². The summed E-state index contributed by atoms with van der Waals surface area (Å²) in [6.45, 7) is 3.42. The van der Waals surface area contributed by atoms with Gasteiger partial charge in [0.15, 0.2) is 0 Å². The number of hydrogen-bond donors (Lipinski definition) is 6. The fourth-order valence-electron chi connectivity index (χ4n) is 2.81. The van der Waals surface area contributed by atoms with Gasteiger partial charge in [0.25, 0.3) is 0 Å². The first-order chi connectivity index (χ1) is 16.7. The van der Waals surface area contributed by atoms with E-state index in [1.807, 2.05) is 0 Å². The topological polar surface area (TPSA) is 232 Å². The number of rotatable bonds is 19. The van der Waals surface area contributed by atoms with Gasteiger partial charge in [-0.2, -0.15) is 0 Å². The lowest BCUT2D eigenvalue weighted by atomic mass is 10.1. The number of amides is 4. The van der Waals surface area contributed by atoms with Crippen molar-refractivity contribution >= 4 is 24.0 Å². The molecule has 0 heterocycles. The van der Waals surface area contributed by atoms with Crippen LogP contribution in [0.3, 0.4) is 0 Å². The molecule has 0 aromatic carbocycles. The molecule has 206 valence electrons. The van der Waals surface area contributed by atoms with Gasteiger partial charge in [-0.25, -0.2) is 9.59 Å². The highest BCUT2D eigenvalue weighted by Gasteiger charge is 2.21. The van der Waals surface area contributed by atoms with Gasteiger partial charge in [-0.1, -0.05) is 32.6 Å². The Labute approximate surface area is 208 Å². The molecule has 0 spiro atoms. The highest BCUT2D eigenvalue weighted by Crippen LogP contribution is 2.06. The van der Waals surface area contributed by atoms with Gasteiger partial charge in [-0.15, -0.1) is 0 Å². The van der Waals surface area contributed by atoms with Crippen LogP contribution in [0, 0.1) is 0 Å². The van der Waals surface area contributed by atoms with Crippen LogP contribution in [0.1, 0.15) is 64.7 Å². The maximum Gasteiger partial charge on any atom is 0.410 e. The zero-order chi connectivity index (χ0) is 26.9. The number of nitrogens with one attached hydrogen (secondary N) is 1. The molecule has 1 unspecified atom stereocenters. The van der Waals surface area contributed by atoms with Crippen molar-refractivity contribution in [3.63, 3.8) is 0 Å². The van der Waals surface area contributed by atoms with Crippen molar-refractivity contribution in [3.05, 3.63) is 0 Å². The second-order valence-corrected chi connectivity index (χ2v) is 7.88. The molecule has 4 amide bonds. The van der Waals surface area contributed by atoms with Gasteiger partial charge in [0, 0.05) is 19.5 Å². The van der Waals surface area contributed by atoms with Crippen molar-refractivity contribution < 1.29 is 28.7 Å². The summed E-state index contributed by atoms with van der Waals surface area (Å²) < 4.78 is 9.90. The average molecular weight is 506 g/mol. The number of nitrogens with zero attached hydrogens (tertiary/aromatic N) is 1. The predicted molar refractivity (Wildman–Crippen MR) is 134 cm³/mol. The van der Waals surface area contributed by atoms with Crippen molar-refractivity contribution in [2.24, 2.45) is 28.7 Å². The van der Waals surface area contributed by atoms with Crippen LogP contribution in [-0.4, -0.2) is 80.9 Å². The molecule has 0 rings (SSSR count). The maximum atomic E-state index is 12.5. The minimum absolute atomic E-state index is 0.0373. The molecular formula is C22H47N7O6. The number of nitrogens with two attached hydrogens (primary N) is 5. The Morgan fingerprint density at radius 2 is 1.40 bits per heavy atom. The van der Waals surface area contributed by atoms with Crippen molar-refractivity contribution in [2.75, 3.05) is 45.9 Å². The third-order valence-corrected chi connectivity index (χ3v) is 4.72. The second kappa shape index (κ2) is 24.5. The van der Waals surface area contributed by atoms with E-state index in [1.165, 1.54) is 4.90 Å². The molecule has 0 radical (unpaired) electrons. The summed E-state index contributed by atoms with van der Waals surface area (Å²) in [5.41, 5.74) is 26.0. The third kappa shape index (κ3) is 24.3. The first kappa shape index (κ1) is 34.5. The number of hydrogen-bond acceptors (Lipinski definition) is 9. The predicted octanol–water partition coefficient (Wildman–Crippen LogP) is -0.116. The van der Waals surface area contributed by atoms with Crippen molar-refractivity contribution in [2.45, 2.75) is 70.8 Å². The number of carbonyl (C=O) groups is 4. The molecule has 13 nitrogen and oxygen atoms in total. The number of unbranched alkanes of at least 4 members (excludes halogenated alkanes) is 5. The Morgan fingerprint density at radius 3 is 1.94 bits per heavy atom. The quantitative estimate of drug-likeness (QED) is 0.128. The molecule has 1 atom stereocenters. The highest BCUT2D eigenvalue weighted by molar-refractivity contribution is 5.82. The second-order valence-electron chi connectivity index (χ2n) is 7.88. The van der Waals surface area contributed by atoms with Crippen molar-refractivity contribution in [1.82, 2.24) is 10.2 Å². The molecule has 0 fully saturated rings. The molecule has 11 N–H and O–H groups in total. The molecule has 0 bridgehead atoms. The monoisotopic (exact) mass is 505 g/mol. The van der Waals surface area contributed by atoms with Gasteiger partial charge in [-0.3, -0.25) is 14.5 Å². The first-order valence-electron chi connectivity index (χ1n) is 12.2. The van der Waals surface area contributed by atoms with Gasteiger partial charge in [0.1, 0.15) is 19.8 Å². The van der Waals surface area contributed by atoms with E-state index in [1.54, 1.807) is 6.92 Å². The first-order valence-corrected chi connectivity index (χ1v) is 12.2. The van der Waals surface area contributed by atoms with Crippen LogP contribution < -0.4 is 34.0 Å². The van der Waals surface area contributed by atoms with Crippen LogP contribution >= 0.6 is 0 Å². The summed E-state index contributed by atoms with van der Waals surface area (Å²) in [5, 5.41) is 2.79. The SMILES string of the molecule is CCC(N)=O.NCCCCCCCN(CC(=O)NC(CCCCN)COC(N)=O)C(=O)OCCN. The zero-order valence-corrected chi connectivity index (χ0v) is 21.2. The lowest BCUT2D eigenvalue weighted by Gasteiger charge is -2.24. The van der Waals surface area contributed by atoms with Crippen LogP contribution in [0.5, 0.6) is 0 Å². The fourth-order valence-corrected chi connectivity index (χ4v) is 2.81. The smallest absolute Gasteiger partial charge is 0.410 e. The fraction of sp³-hybridized carbons (Fsp3) is 0.818. The molecule has 0 aliphatic rings.